The van der Waals surface area contributed by atoms with Crippen LogP contribution in [0.2, 0.25) is 0 Å². The Bertz CT molecular complexity index is 506. The molecule has 19 heavy (non-hydrogen) atoms. The number of aliphatic hydroxyl groups excluding tert-OH is 1. The summed E-state index contributed by atoms with van der Waals surface area (Å²) in [6, 6.07) is 6.60. The number of methoxy groups -OCH3 is 1. The van der Waals surface area contributed by atoms with Crippen LogP contribution in [0.1, 0.15) is 18.4 Å². The van der Waals surface area contributed by atoms with Crippen molar-refractivity contribution in [3.05, 3.63) is 29.8 Å². The Kier molecular flexibility index (Phi) is 4.57. The lowest BCUT2D eigenvalue weighted by Gasteiger charge is -2.34. The molecule has 0 amide bonds. The Balaban J connectivity index is 1.99. The summed E-state index contributed by atoms with van der Waals surface area (Å²) in [5, 5.41) is 8.91. The molecule has 2 N–H and O–H groups in total. The predicted molar refractivity (Wildman–Crippen MR) is 71.1 cm³/mol. The third-order valence-electron chi connectivity index (χ3n) is 3.36. The van der Waals surface area contributed by atoms with Gasteiger partial charge >= 0.3 is 0 Å². The molecule has 6 heteroatoms. The summed E-state index contributed by atoms with van der Waals surface area (Å²) in [4.78, 5) is 0.264. The number of aliphatic hydroxyl groups is 1. The zero-order valence-electron chi connectivity index (χ0n) is 10.9. The first-order chi connectivity index (χ1) is 9.05. The molecule has 1 aliphatic rings. The van der Waals surface area contributed by atoms with Crippen molar-refractivity contribution in [3.63, 3.8) is 0 Å². The maximum atomic E-state index is 12.1. The molecule has 0 unspecified atom stereocenters. The fraction of sp³-hybridized carbons (Fsp3) is 0.538. The van der Waals surface area contributed by atoms with Crippen LogP contribution in [0.25, 0.3) is 0 Å². The van der Waals surface area contributed by atoms with Crippen molar-refractivity contribution < 1.29 is 18.3 Å². The summed E-state index contributed by atoms with van der Waals surface area (Å²) in [5.41, 5.74) is 0.936. The maximum Gasteiger partial charge on any atom is 0.240 e. The molecular weight excluding hydrogens is 266 g/mol. The van der Waals surface area contributed by atoms with E-state index in [0.717, 1.165) is 5.56 Å². The number of hydrogen-bond donors (Lipinski definition) is 2. The summed E-state index contributed by atoms with van der Waals surface area (Å²) in [6.07, 6.45) is 1.41. The van der Waals surface area contributed by atoms with Gasteiger partial charge in [-0.1, -0.05) is 12.1 Å². The van der Waals surface area contributed by atoms with E-state index in [-0.39, 0.29) is 23.5 Å². The Hall–Kier alpha value is -0.950. The third-order valence-corrected chi connectivity index (χ3v) is 4.90. The van der Waals surface area contributed by atoms with Crippen LogP contribution < -0.4 is 4.72 Å². The lowest BCUT2D eigenvalue weighted by molar-refractivity contribution is 0.137. The molecule has 0 bridgehead atoms. The van der Waals surface area contributed by atoms with Gasteiger partial charge in [0.15, 0.2) is 0 Å². The Morgan fingerprint density at radius 2 is 1.95 bits per heavy atom. The number of nitrogens with one attached hydrogen (secondary N) is 1. The van der Waals surface area contributed by atoms with Crippen LogP contribution in [0, 0.1) is 5.92 Å². The highest BCUT2D eigenvalue weighted by Crippen LogP contribution is 2.28. The molecule has 0 spiro atoms. The van der Waals surface area contributed by atoms with Gasteiger partial charge in [0.1, 0.15) is 0 Å². The standard InChI is InChI=1S/C13H19NO4S/c1-18-9-10-2-4-13(5-3-10)19(16,17)14-12-6-11(7-12)8-15/h2-5,11-12,14-15H,6-9H2,1H3. The summed E-state index contributed by atoms with van der Waals surface area (Å²) in [7, 11) is -1.86. The first-order valence-corrected chi connectivity index (χ1v) is 7.74. The van der Waals surface area contributed by atoms with E-state index < -0.39 is 10.0 Å². The molecule has 5 nitrogen and oxygen atoms in total. The van der Waals surface area contributed by atoms with E-state index in [1.165, 1.54) is 0 Å². The number of sulfonamides is 1. The van der Waals surface area contributed by atoms with Gasteiger partial charge in [-0.05, 0) is 36.5 Å². The second-order valence-electron chi connectivity index (χ2n) is 4.92. The van der Waals surface area contributed by atoms with Gasteiger partial charge in [-0.25, -0.2) is 13.1 Å². The minimum Gasteiger partial charge on any atom is -0.396 e. The van der Waals surface area contributed by atoms with E-state index in [1.807, 2.05) is 0 Å². The van der Waals surface area contributed by atoms with Crippen LogP contribution in [0.15, 0.2) is 29.2 Å². The van der Waals surface area contributed by atoms with Crippen molar-refractivity contribution >= 4 is 10.0 Å². The predicted octanol–water partition coefficient (Wildman–Crippen LogP) is 0.882. The second-order valence-corrected chi connectivity index (χ2v) is 6.63. The number of rotatable bonds is 6. The fourth-order valence-corrected chi connectivity index (χ4v) is 3.46. The van der Waals surface area contributed by atoms with Crippen molar-refractivity contribution in [2.45, 2.75) is 30.4 Å². The fourth-order valence-electron chi connectivity index (χ4n) is 2.20. The van der Waals surface area contributed by atoms with Crippen molar-refractivity contribution in [2.75, 3.05) is 13.7 Å². The smallest absolute Gasteiger partial charge is 0.240 e. The third kappa shape index (κ3) is 3.54. The molecule has 1 fully saturated rings. The SMILES string of the molecule is COCc1ccc(S(=O)(=O)NC2CC(CO)C2)cc1. The Morgan fingerprint density at radius 3 is 2.47 bits per heavy atom. The first kappa shape index (κ1) is 14.5. The lowest BCUT2D eigenvalue weighted by atomic mass is 9.82. The molecule has 1 aliphatic carbocycles. The molecule has 0 radical (unpaired) electrons. The van der Waals surface area contributed by atoms with Crippen LogP contribution in [0.5, 0.6) is 0 Å². The van der Waals surface area contributed by atoms with E-state index >= 15 is 0 Å². The second kappa shape index (κ2) is 6.00. The summed E-state index contributed by atoms with van der Waals surface area (Å²) >= 11 is 0. The Labute approximate surface area is 113 Å². The molecule has 0 atom stereocenters. The van der Waals surface area contributed by atoms with Crippen molar-refractivity contribution in [3.8, 4) is 0 Å². The zero-order valence-corrected chi connectivity index (χ0v) is 11.7. The highest BCUT2D eigenvalue weighted by Gasteiger charge is 2.32. The van der Waals surface area contributed by atoms with Crippen LogP contribution in [0.3, 0.4) is 0 Å². The maximum absolute atomic E-state index is 12.1. The van der Waals surface area contributed by atoms with Gasteiger partial charge in [-0.3, -0.25) is 0 Å². The monoisotopic (exact) mass is 285 g/mol. The van der Waals surface area contributed by atoms with Gasteiger partial charge in [0.05, 0.1) is 11.5 Å². The minimum atomic E-state index is -3.46. The van der Waals surface area contributed by atoms with Crippen molar-refractivity contribution in [2.24, 2.45) is 5.92 Å². The van der Waals surface area contributed by atoms with Gasteiger partial charge < -0.3 is 9.84 Å². The zero-order chi connectivity index (χ0) is 13.9. The van der Waals surface area contributed by atoms with Gasteiger partial charge in [-0.15, -0.1) is 0 Å². The number of benzene rings is 1. The van der Waals surface area contributed by atoms with Crippen LogP contribution in [-0.2, 0) is 21.4 Å². The van der Waals surface area contributed by atoms with E-state index in [9.17, 15) is 8.42 Å². The molecule has 0 aromatic heterocycles. The largest absolute Gasteiger partial charge is 0.396 e. The minimum absolute atomic E-state index is 0.0548. The number of hydrogen-bond acceptors (Lipinski definition) is 4. The van der Waals surface area contributed by atoms with Crippen LogP contribution in [-0.4, -0.2) is 33.3 Å². The van der Waals surface area contributed by atoms with Gasteiger partial charge in [-0.2, -0.15) is 0 Å². The molecular formula is C13H19NO4S. The molecule has 2 rings (SSSR count). The average Bonchev–Trinajstić information content (AvgIpc) is 2.34. The lowest BCUT2D eigenvalue weighted by Crippen LogP contribution is -2.45. The van der Waals surface area contributed by atoms with E-state index in [2.05, 4.69) is 4.72 Å². The molecule has 0 heterocycles. The molecule has 1 aromatic carbocycles. The first-order valence-electron chi connectivity index (χ1n) is 6.26. The van der Waals surface area contributed by atoms with Crippen molar-refractivity contribution in [1.29, 1.82) is 0 Å². The van der Waals surface area contributed by atoms with E-state index in [0.29, 0.717) is 19.4 Å². The van der Waals surface area contributed by atoms with Crippen molar-refractivity contribution in [1.82, 2.24) is 4.72 Å². The quantitative estimate of drug-likeness (QED) is 0.813. The topological polar surface area (TPSA) is 75.6 Å². The molecule has 0 saturated heterocycles. The highest BCUT2D eigenvalue weighted by atomic mass is 32.2. The van der Waals surface area contributed by atoms with Gasteiger partial charge in [0, 0.05) is 19.8 Å². The summed E-state index contributed by atoms with van der Waals surface area (Å²) in [6.45, 7) is 0.596. The van der Waals surface area contributed by atoms with E-state index in [4.69, 9.17) is 9.84 Å². The highest BCUT2D eigenvalue weighted by molar-refractivity contribution is 7.89. The summed E-state index contributed by atoms with van der Waals surface area (Å²) < 4.78 is 31.8. The van der Waals surface area contributed by atoms with Gasteiger partial charge in [0.25, 0.3) is 0 Å². The van der Waals surface area contributed by atoms with E-state index in [1.54, 1.807) is 31.4 Å². The summed E-state index contributed by atoms with van der Waals surface area (Å²) in [5.74, 6) is 0.233. The van der Waals surface area contributed by atoms with Crippen LogP contribution in [0.4, 0.5) is 0 Å². The molecule has 1 aromatic rings. The Morgan fingerprint density at radius 1 is 1.32 bits per heavy atom. The molecule has 106 valence electrons. The number of ether oxygens (including phenoxy) is 1. The molecule has 0 aliphatic heterocycles. The average molecular weight is 285 g/mol. The molecule has 1 saturated carbocycles. The normalized spacial score (nSPS) is 23.1. The van der Waals surface area contributed by atoms with Gasteiger partial charge in [0.2, 0.25) is 10.0 Å². The van der Waals surface area contributed by atoms with Crippen LogP contribution >= 0.6 is 0 Å².